The molecule has 2 heterocycles. The van der Waals surface area contributed by atoms with E-state index < -0.39 is 0 Å². The number of rotatable bonds is 4. The van der Waals surface area contributed by atoms with Crippen molar-refractivity contribution in [2.75, 3.05) is 32.2 Å². The Hall–Kier alpha value is -2.16. The van der Waals surface area contributed by atoms with Crippen molar-refractivity contribution in [3.05, 3.63) is 35.9 Å². The van der Waals surface area contributed by atoms with E-state index in [9.17, 15) is 5.26 Å². The lowest BCUT2D eigenvalue weighted by Crippen LogP contribution is -2.39. The highest BCUT2D eigenvalue weighted by Gasteiger charge is 2.34. The molecule has 1 fully saturated rings. The predicted octanol–water partition coefficient (Wildman–Crippen LogP) is 2.32. The van der Waals surface area contributed by atoms with Crippen LogP contribution in [-0.2, 0) is 9.47 Å². The number of benzene rings is 1. The molecule has 3 rings (SSSR count). The molecule has 0 spiro atoms. The monoisotopic (exact) mass is 283 g/mol. The van der Waals surface area contributed by atoms with Crippen LogP contribution in [0.1, 0.15) is 12.0 Å². The highest BCUT2D eigenvalue weighted by molar-refractivity contribution is 5.86. The third-order valence-electron chi connectivity index (χ3n) is 3.93. The van der Waals surface area contributed by atoms with Crippen molar-refractivity contribution in [2.45, 2.75) is 12.0 Å². The summed E-state index contributed by atoms with van der Waals surface area (Å²) in [5, 5.41) is 13.4. The van der Waals surface area contributed by atoms with Gasteiger partial charge < -0.3 is 14.8 Å². The third kappa shape index (κ3) is 2.68. The lowest BCUT2D eigenvalue weighted by Gasteiger charge is -2.26. The SMILES string of the molecule is COC1(CNc2cc(C#N)c3ccccc3n2)CCOC1. The fourth-order valence-electron chi connectivity index (χ4n) is 2.57. The molecular formula is C16H17N3O2. The van der Waals surface area contributed by atoms with E-state index >= 15 is 0 Å². The molecule has 1 aliphatic heterocycles. The van der Waals surface area contributed by atoms with E-state index in [0.717, 1.165) is 17.3 Å². The van der Waals surface area contributed by atoms with Gasteiger partial charge in [-0.2, -0.15) is 5.26 Å². The summed E-state index contributed by atoms with van der Waals surface area (Å²) in [7, 11) is 1.70. The number of anilines is 1. The molecular weight excluding hydrogens is 266 g/mol. The zero-order valence-corrected chi connectivity index (χ0v) is 11.9. The van der Waals surface area contributed by atoms with Gasteiger partial charge in [0.1, 0.15) is 11.4 Å². The van der Waals surface area contributed by atoms with Crippen LogP contribution in [-0.4, -0.2) is 37.5 Å². The average molecular weight is 283 g/mol. The molecule has 5 heteroatoms. The Kier molecular flexibility index (Phi) is 3.74. The number of aromatic nitrogens is 1. The van der Waals surface area contributed by atoms with Crippen molar-refractivity contribution in [2.24, 2.45) is 0 Å². The quantitative estimate of drug-likeness (QED) is 0.932. The topological polar surface area (TPSA) is 67.2 Å². The van der Waals surface area contributed by atoms with Crippen LogP contribution in [0.5, 0.6) is 0 Å². The maximum Gasteiger partial charge on any atom is 0.128 e. The molecule has 1 N–H and O–H groups in total. The van der Waals surface area contributed by atoms with Gasteiger partial charge in [-0.1, -0.05) is 18.2 Å². The van der Waals surface area contributed by atoms with Gasteiger partial charge in [0, 0.05) is 32.1 Å². The van der Waals surface area contributed by atoms with Gasteiger partial charge in [-0.15, -0.1) is 0 Å². The predicted molar refractivity (Wildman–Crippen MR) is 80.1 cm³/mol. The minimum Gasteiger partial charge on any atom is -0.378 e. The molecule has 1 atom stereocenters. The second-order valence-electron chi connectivity index (χ2n) is 5.23. The van der Waals surface area contributed by atoms with Crippen LogP contribution < -0.4 is 5.32 Å². The van der Waals surface area contributed by atoms with Gasteiger partial charge in [-0.3, -0.25) is 0 Å². The molecule has 5 nitrogen and oxygen atoms in total. The molecule has 1 aromatic carbocycles. The molecule has 1 unspecified atom stereocenters. The van der Waals surface area contributed by atoms with Crippen molar-refractivity contribution < 1.29 is 9.47 Å². The lowest BCUT2D eigenvalue weighted by molar-refractivity contribution is -0.00624. The second-order valence-corrected chi connectivity index (χ2v) is 5.23. The van der Waals surface area contributed by atoms with E-state index in [1.807, 2.05) is 24.3 Å². The maximum atomic E-state index is 9.29. The molecule has 0 amide bonds. The van der Waals surface area contributed by atoms with Gasteiger partial charge in [-0.05, 0) is 12.1 Å². The molecule has 1 saturated heterocycles. The molecule has 0 bridgehead atoms. The van der Waals surface area contributed by atoms with Crippen LogP contribution in [0.3, 0.4) is 0 Å². The number of nitriles is 1. The zero-order valence-electron chi connectivity index (χ0n) is 11.9. The Bertz CT molecular complexity index is 687. The van der Waals surface area contributed by atoms with Gasteiger partial charge in [0.25, 0.3) is 0 Å². The van der Waals surface area contributed by atoms with Crippen molar-refractivity contribution in [1.82, 2.24) is 4.98 Å². The minimum atomic E-state index is -0.305. The molecule has 0 saturated carbocycles. The molecule has 1 aliphatic rings. The normalized spacial score (nSPS) is 21.3. The summed E-state index contributed by atoms with van der Waals surface area (Å²) in [5.74, 6) is 0.688. The summed E-state index contributed by atoms with van der Waals surface area (Å²) in [6.45, 7) is 1.90. The first-order valence-corrected chi connectivity index (χ1v) is 6.93. The summed E-state index contributed by atoms with van der Waals surface area (Å²) in [4.78, 5) is 4.55. The van der Waals surface area contributed by atoms with Crippen molar-refractivity contribution in [1.29, 1.82) is 5.26 Å². The van der Waals surface area contributed by atoms with Crippen molar-refractivity contribution in [3.8, 4) is 6.07 Å². The molecule has 21 heavy (non-hydrogen) atoms. The Labute approximate surface area is 123 Å². The van der Waals surface area contributed by atoms with Gasteiger partial charge in [0.2, 0.25) is 0 Å². The Balaban J connectivity index is 1.86. The highest BCUT2D eigenvalue weighted by Crippen LogP contribution is 2.24. The average Bonchev–Trinajstić information content (AvgIpc) is 3.01. The van der Waals surface area contributed by atoms with E-state index in [2.05, 4.69) is 16.4 Å². The first-order valence-electron chi connectivity index (χ1n) is 6.93. The molecule has 2 aromatic rings. The smallest absolute Gasteiger partial charge is 0.128 e. The Morgan fingerprint density at radius 2 is 2.33 bits per heavy atom. The number of fused-ring (bicyclic) bond motifs is 1. The molecule has 1 aromatic heterocycles. The molecule has 0 aliphatic carbocycles. The Morgan fingerprint density at radius 3 is 3.05 bits per heavy atom. The van der Waals surface area contributed by atoms with Gasteiger partial charge in [0.05, 0.1) is 23.8 Å². The van der Waals surface area contributed by atoms with E-state index in [-0.39, 0.29) is 5.60 Å². The third-order valence-corrected chi connectivity index (χ3v) is 3.93. The van der Waals surface area contributed by atoms with Crippen molar-refractivity contribution in [3.63, 3.8) is 0 Å². The van der Waals surface area contributed by atoms with Crippen LogP contribution >= 0.6 is 0 Å². The van der Waals surface area contributed by atoms with E-state index in [4.69, 9.17) is 9.47 Å². The van der Waals surface area contributed by atoms with E-state index in [1.165, 1.54) is 0 Å². The highest BCUT2D eigenvalue weighted by atomic mass is 16.5. The fourth-order valence-corrected chi connectivity index (χ4v) is 2.57. The Morgan fingerprint density at radius 1 is 1.48 bits per heavy atom. The maximum absolute atomic E-state index is 9.29. The van der Waals surface area contributed by atoms with Crippen LogP contribution in [0.15, 0.2) is 30.3 Å². The summed E-state index contributed by atoms with van der Waals surface area (Å²) >= 11 is 0. The van der Waals surface area contributed by atoms with E-state index in [1.54, 1.807) is 13.2 Å². The summed E-state index contributed by atoms with van der Waals surface area (Å²) in [5.41, 5.74) is 1.13. The van der Waals surface area contributed by atoms with E-state index in [0.29, 0.717) is 31.1 Å². The number of methoxy groups -OCH3 is 1. The first-order chi connectivity index (χ1) is 10.3. The first kappa shape index (κ1) is 13.8. The summed E-state index contributed by atoms with van der Waals surface area (Å²) < 4.78 is 11.0. The van der Waals surface area contributed by atoms with Gasteiger partial charge in [0.15, 0.2) is 0 Å². The largest absolute Gasteiger partial charge is 0.378 e. The van der Waals surface area contributed by atoms with Crippen LogP contribution in [0.4, 0.5) is 5.82 Å². The number of para-hydroxylation sites is 1. The number of pyridine rings is 1. The van der Waals surface area contributed by atoms with Gasteiger partial charge in [-0.25, -0.2) is 4.98 Å². The van der Waals surface area contributed by atoms with Crippen LogP contribution in [0.2, 0.25) is 0 Å². The number of nitrogens with one attached hydrogen (secondary N) is 1. The molecule has 108 valence electrons. The number of nitrogens with zero attached hydrogens (tertiary/aromatic N) is 2. The van der Waals surface area contributed by atoms with Crippen LogP contribution in [0, 0.1) is 11.3 Å². The van der Waals surface area contributed by atoms with Crippen molar-refractivity contribution >= 4 is 16.7 Å². The lowest BCUT2D eigenvalue weighted by atomic mass is 10.0. The fraction of sp³-hybridized carbons (Fsp3) is 0.375. The number of hydrogen-bond acceptors (Lipinski definition) is 5. The van der Waals surface area contributed by atoms with Crippen LogP contribution in [0.25, 0.3) is 10.9 Å². The molecule has 0 radical (unpaired) electrons. The number of ether oxygens (including phenoxy) is 2. The summed E-state index contributed by atoms with van der Waals surface area (Å²) in [6.07, 6.45) is 0.856. The zero-order chi connectivity index (χ0) is 14.7. The second kappa shape index (κ2) is 5.68. The standard InChI is InChI=1S/C16H17N3O2/c1-20-16(6-7-21-11-16)10-18-15-8-12(9-17)13-4-2-3-5-14(13)19-15/h2-5,8H,6-7,10-11H2,1H3,(H,18,19). The number of hydrogen-bond donors (Lipinski definition) is 1. The van der Waals surface area contributed by atoms with Gasteiger partial charge >= 0.3 is 0 Å². The summed E-state index contributed by atoms with van der Waals surface area (Å²) in [6, 6.07) is 11.7. The minimum absolute atomic E-state index is 0.305.